The van der Waals surface area contributed by atoms with Crippen molar-refractivity contribution in [3.8, 4) is 0 Å². The van der Waals surface area contributed by atoms with Gasteiger partial charge in [-0.25, -0.2) is 13.6 Å². The largest absolute Gasteiger partial charge is 0.392 e. The van der Waals surface area contributed by atoms with Gasteiger partial charge in [0.25, 0.3) is 0 Å². The molecule has 0 aliphatic heterocycles. The molecule has 6 heteroatoms. The summed E-state index contributed by atoms with van der Waals surface area (Å²) in [6.45, 7) is 3.02. The van der Waals surface area contributed by atoms with E-state index in [1.165, 1.54) is 6.07 Å². The van der Waals surface area contributed by atoms with Crippen molar-refractivity contribution in [2.45, 2.75) is 52.2 Å². The number of unbranched alkanes of at least 4 members (excludes halogenated alkanes) is 4. The predicted octanol–water partition coefficient (Wildman–Crippen LogP) is 5.46. The molecule has 0 aromatic heterocycles. The van der Waals surface area contributed by atoms with Gasteiger partial charge in [0.15, 0.2) is 0 Å². The van der Waals surface area contributed by atoms with E-state index >= 15 is 0 Å². The van der Waals surface area contributed by atoms with Crippen LogP contribution >= 0.6 is 0 Å². The molecule has 4 nitrogen and oxygen atoms in total. The number of carbonyl (C=O) groups is 1. The molecule has 28 heavy (non-hydrogen) atoms. The average molecular weight is 390 g/mol. The van der Waals surface area contributed by atoms with Crippen molar-refractivity contribution in [1.29, 1.82) is 0 Å². The minimum absolute atomic E-state index is 0.0360. The summed E-state index contributed by atoms with van der Waals surface area (Å²) < 4.78 is 27.0. The molecular formula is C22H28F2N2O2. The van der Waals surface area contributed by atoms with Crippen LogP contribution < -0.4 is 5.32 Å². The van der Waals surface area contributed by atoms with Crippen molar-refractivity contribution in [2.75, 3.05) is 11.9 Å². The van der Waals surface area contributed by atoms with Crippen LogP contribution in [0.1, 0.15) is 50.2 Å². The number of aliphatic hydroxyl groups excluding tert-OH is 1. The zero-order valence-corrected chi connectivity index (χ0v) is 16.3. The molecule has 0 unspecified atom stereocenters. The summed E-state index contributed by atoms with van der Waals surface area (Å²) in [6, 6.07) is 10.0. The molecular weight excluding hydrogens is 362 g/mol. The van der Waals surface area contributed by atoms with E-state index in [0.717, 1.165) is 55.4 Å². The third-order valence-electron chi connectivity index (χ3n) is 4.57. The van der Waals surface area contributed by atoms with Gasteiger partial charge >= 0.3 is 6.03 Å². The van der Waals surface area contributed by atoms with Gasteiger partial charge in [0.2, 0.25) is 0 Å². The van der Waals surface area contributed by atoms with E-state index in [4.69, 9.17) is 5.11 Å². The Morgan fingerprint density at radius 3 is 2.32 bits per heavy atom. The highest BCUT2D eigenvalue weighted by molar-refractivity contribution is 5.89. The Labute approximate surface area is 165 Å². The molecule has 0 radical (unpaired) electrons. The highest BCUT2D eigenvalue weighted by Gasteiger charge is 2.16. The summed E-state index contributed by atoms with van der Waals surface area (Å²) in [6.07, 6.45) is 5.30. The van der Waals surface area contributed by atoms with E-state index < -0.39 is 17.7 Å². The van der Waals surface area contributed by atoms with Gasteiger partial charge in [0.05, 0.1) is 12.3 Å². The molecule has 0 fully saturated rings. The summed E-state index contributed by atoms with van der Waals surface area (Å²) in [4.78, 5) is 14.3. The molecule has 0 saturated heterocycles. The molecule has 2 amide bonds. The van der Waals surface area contributed by atoms with Crippen molar-refractivity contribution < 1.29 is 18.7 Å². The van der Waals surface area contributed by atoms with Crippen LogP contribution in [0.15, 0.2) is 42.5 Å². The molecule has 2 aromatic rings. The van der Waals surface area contributed by atoms with Crippen LogP contribution in [0.2, 0.25) is 0 Å². The van der Waals surface area contributed by atoms with E-state index in [1.54, 1.807) is 4.90 Å². The first-order valence-corrected chi connectivity index (χ1v) is 9.73. The lowest BCUT2D eigenvalue weighted by atomic mass is 10.1. The molecule has 152 valence electrons. The lowest BCUT2D eigenvalue weighted by Gasteiger charge is -2.23. The summed E-state index contributed by atoms with van der Waals surface area (Å²) in [5, 5.41) is 11.7. The molecule has 2 aromatic carbocycles. The first kappa shape index (κ1) is 21.8. The number of amides is 2. The van der Waals surface area contributed by atoms with Gasteiger partial charge in [-0.15, -0.1) is 0 Å². The second-order valence-corrected chi connectivity index (χ2v) is 6.86. The summed E-state index contributed by atoms with van der Waals surface area (Å²) in [7, 11) is 0. The smallest absolute Gasteiger partial charge is 0.322 e. The average Bonchev–Trinajstić information content (AvgIpc) is 2.69. The quantitative estimate of drug-likeness (QED) is 0.529. The van der Waals surface area contributed by atoms with Crippen LogP contribution in [0.4, 0.5) is 19.3 Å². The van der Waals surface area contributed by atoms with Gasteiger partial charge in [-0.2, -0.15) is 0 Å². The van der Waals surface area contributed by atoms with E-state index in [1.807, 2.05) is 24.3 Å². The molecule has 0 saturated carbocycles. The summed E-state index contributed by atoms with van der Waals surface area (Å²) in [5.41, 5.74) is 1.67. The third kappa shape index (κ3) is 6.93. The van der Waals surface area contributed by atoms with Gasteiger partial charge in [-0.1, -0.05) is 56.9 Å². The summed E-state index contributed by atoms with van der Waals surface area (Å²) in [5.74, 6) is -1.49. The molecule has 0 aliphatic carbocycles. The number of anilines is 1. The molecule has 2 N–H and O–H groups in total. The molecule has 0 atom stereocenters. The number of hydrogen-bond acceptors (Lipinski definition) is 2. The standard InChI is InChI=1S/C22H28F2N2O2/c1-2-3-4-5-6-13-26(15-17-7-9-18(16-27)10-8-17)22(28)25-21-12-11-19(23)14-20(21)24/h7-12,14,27H,2-6,13,15-16H2,1H3,(H,25,28). The lowest BCUT2D eigenvalue weighted by molar-refractivity contribution is 0.207. The van der Waals surface area contributed by atoms with E-state index in [0.29, 0.717) is 13.1 Å². The van der Waals surface area contributed by atoms with Crippen molar-refractivity contribution in [1.82, 2.24) is 4.90 Å². The number of nitrogens with zero attached hydrogens (tertiary/aromatic N) is 1. The van der Waals surface area contributed by atoms with E-state index in [9.17, 15) is 13.6 Å². The van der Waals surface area contributed by atoms with Gasteiger partial charge in [-0.3, -0.25) is 0 Å². The number of nitrogens with one attached hydrogen (secondary N) is 1. The minimum atomic E-state index is -0.802. The Morgan fingerprint density at radius 1 is 1.00 bits per heavy atom. The molecule has 0 bridgehead atoms. The van der Waals surface area contributed by atoms with Gasteiger partial charge in [0.1, 0.15) is 11.6 Å². The fourth-order valence-corrected chi connectivity index (χ4v) is 2.91. The van der Waals surface area contributed by atoms with Crippen molar-refractivity contribution in [2.24, 2.45) is 0 Å². The second-order valence-electron chi connectivity index (χ2n) is 6.86. The Morgan fingerprint density at radius 2 is 1.68 bits per heavy atom. The van der Waals surface area contributed by atoms with Gasteiger partial charge in [-0.05, 0) is 29.7 Å². The maximum absolute atomic E-state index is 13.9. The number of urea groups is 1. The first-order chi connectivity index (χ1) is 13.5. The first-order valence-electron chi connectivity index (χ1n) is 9.73. The Bertz CT molecular complexity index is 751. The predicted molar refractivity (Wildman–Crippen MR) is 107 cm³/mol. The summed E-state index contributed by atoms with van der Waals surface area (Å²) >= 11 is 0. The third-order valence-corrected chi connectivity index (χ3v) is 4.57. The molecule has 0 spiro atoms. The fraction of sp³-hybridized carbons (Fsp3) is 0.409. The van der Waals surface area contributed by atoms with Crippen molar-refractivity contribution >= 4 is 11.7 Å². The van der Waals surface area contributed by atoms with E-state index in [-0.39, 0.29) is 12.3 Å². The maximum atomic E-state index is 13.9. The van der Waals surface area contributed by atoms with Crippen molar-refractivity contribution in [3.63, 3.8) is 0 Å². The Hall–Kier alpha value is -2.47. The number of hydrogen-bond donors (Lipinski definition) is 2. The topological polar surface area (TPSA) is 52.6 Å². The van der Waals surface area contributed by atoms with Crippen LogP contribution in [-0.2, 0) is 13.2 Å². The van der Waals surface area contributed by atoms with Crippen LogP contribution in [0.25, 0.3) is 0 Å². The second kappa shape index (κ2) is 11.4. The number of halogens is 2. The zero-order chi connectivity index (χ0) is 20.4. The Balaban J connectivity index is 2.05. The number of carbonyl (C=O) groups excluding carboxylic acids is 1. The minimum Gasteiger partial charge on any atom is -0.392 e. The number of aliphatic hydroxyl groups is 1. The van der Waals surface area contributed by atoms with Gasteiger partial charge < -0.3 is 15.3 Å². The van der Waals surface area contributed by atoms with Crippen LogP contribution in [0.5, 0.6) is 0 Å². The molecule has 0 aliphatic rings. The van der Waals surface area contributed by atoms with Gasteiger partial charge in [0, 0.05) is 19.2 Å². The zero-order valence-electron chi connectivity index (χ0n) is 16.3. The highest BCUT2D eigenvalue weighted by atomic mass is 19.1. The van der Waals surface area contributed by atoms with E-state index in [2.05, 4.69) is 12.2 Å². The highest BCUT2D eigenvalue weighted by Crippen LogP contribution is 2.17. The Kier molecular flexibility index (Phi) is 8.88. The normalized spacial score (nSPS) is 10.7. The van der Waals surface area contributed by atoms with Crippen LogP contribution in [0.3, 0.4) is 0 Å². The van der Waals surface area contributed by atoms with Crippen molar-refractivity contribution in [3.05, 3.63) is 65.2 Å². The molecule has 2 rings (SSSR count). The molecule has 0 heterocycles. The SMILES string of the molecule is CCCCCCCN(Cc1ccc(CO)cc1)C(=O)Nc1ccc(F)cc1F. The fourth-order valence-electron chi connectivity index (χ4n) is 2.91. The monoisotopic (exact) mass is 390 g/mol. The maximum Gasteiger partial charge on any atom is 0.322 e. The lowest BCUT2D eigenvalue weighted by Crippen LogP contribution is -2.35. The van der Waals surface area contributed by atoms with Crippen LogP contribution in [-0.4, -0.2) is 22.6 Å². The number of rotatable bonds is 10. The number of benzene rings is 2. The van der Waals surface area contributed by atoms with Crippen LogP contribution in [0, 0.1) is 11.6 Å².